The number of rotatable bonds is 4. The molecule has 1 unspecified atom stereocenters. The van der Waals surface area contributed by atoms with E-state index in [9.17, 15) is 18.0 Å². The number of thiazole rings is 1. The second kappa shape index (κ2) is 6.90. The Bertz CT molecular complexity index is 706. The molecule has 1 aromatic carbocycles. The number of anilines is 1. The fourth-order valence-corrected chi connectivity index (χ4v) is 3.41. The summed E-state index contributed by atoms with van der Waals surface area (Å²) >= 11 is 1.33. The summed E-state index contributed by atoms with van der Waals surface area (Å²) in [7, 11) is 0. The summed E-state index contributed by atoms with van der Waals surface area (Å²) in [4.78, 5) is 17.0. The van der Waals surface area contributed by atoms with E-state index in [2.05, 4.69) is 15.6 Å². The lowest BCUT2D eigenvalue weighted by molar-refractivity contribution is -0.137. The van der Waals surface area contributed by atoms with Crippen molar-refractivity contribution < 1.29 is 18.0 Å². The van der Waals surface area contributed by atoms with E-state index in [4.69, 9.17) is 0 Å². The van der Waals surface area contributed by atoms with Gasteiger partial charge in [-0.15, -0.1) is 11.3 Å². The third kappa shape index (κ3) is 4.12. The van der Waals surface area contributed by atoms with Crippen molar-refractivity contribution in [3.05, 3.63) is 46.5 Å². The quantitative estimate of drug-likeness (QED) is 0.883. The SMILES string of the molecule is O=C(Nc1ncc(Cc2ccc(C(F)(F)F)cc2)s1)C1CCCN1. The Hall–Kier alpha value is -1.93. The van der Waals surface area contributed by atoms with Gasteiger partial charge >= 0.3 is 6.18 Å². The number of benzene rings is 1. The molecule has 2 N–H and O–H groups in total. The van der Waals surface area contributed by atoms with Crippen LogP contribution in [0.4, 0.5) is 18.3 Å². The van der Waals surface area contributed by atoms with Crippen LogP contribution >= 0.6 is 11.3 Å². The van der Waals surface area contributed by atoms with Crippen LogP contribution in [-0.2, 0) is 17.4 Å². The van der Waals surface area contributed by atoms with Crippen molar-refractivity contribution in [2.24, 2.45) is 0 Å². The van der Waals surface area contributed by atoms with Gasteiger partial charge in [0.05, 0.1) is 11.6 Å². The zero-order valence-electron chi connectivity index (χ0n) is 12.7. The van der Waals surface area contributed by atoms with E-state index < -0.39 is 11.7 Å². The van der Waals surface area contributed by atoms with Crippen molar-refractivity contribution in [2.75, 3.05) is 11.9 Å². The number of alkyl halides is 3. The lowest BCUT2D eigenvalue weighted by atomic mass is 10.1. The Labute approximate surface area is 141 Å². The van der Waals surface area contributed by atoms with Crippen LogP contribution in [0.3, 0.4) is 0 Å². The van der Waals surface area contributed by atoms with E-state index in [0.29, 0.717) is 11.6 Å². The summed E-state index contributed by atoms with van der Waals surface area (Å²) in [6.07, 6.45) is -0.410. The van der Waals surface area contributed by atoms with E-state index in [0.717, 1.165) is 42.0 Å². The number of halogens is 3. The van der Waals surface area contributed by atoms with Crippen LogP contribution in [0.1, 0.15) is 28.8 Å². The highest BCUT2D eigenvalue weighted by atomic mass is 32.1. The van der Waals surface area contributed by atoms with Crippen molar-refractivity contribution in [2.45, 2.75) is 31.5 Å². The summed E-state index contributed by atoms with van der Waals surface area (Å²) in [5, 5.41) is 6.40. The van der Waals surface area contributed by atoms with Crippen molar-refractivity contribution in [1.29, 1.82) is 0 Å². The molecule has 0 spiro atoms. The van der Waals surface area contributed by atoms with Gasteiger partial charge in [0.15, 0.2) is 5.13 Å². The number of carbonyl (C=O) groups is 1. The number of nitrogens with zero attached hydrogens (tertiary/aromatic N) is 1. The number of amides is 1. The predicted molar refractivity (Wildman–Crippen MR) is 86.0 cm³/mol. The molecule has 0 bridgehead atoms. The van der Waals surface area contributed by atoms with Gasteiger partial charge in [0.25, 0.3) is 0 Å². The molecule has 128 valence electrons. The standard InChI is InChI=1S/C16H16F3N3OS/c17-16(18,19)11-5-3-10(4-6-11)8-12-9-21-15(24-12)22-14(23)13-2-1-7-20-13/h3-6,9,13,20H,1-2,7-8H2,(H,21,22,23). The molecule has 0 saturated carbocycles. The smallest absolute Gasteiger partial charge is 0.306 e. The second-order valence-corrected chi connectivity index (χ2v) is 6.76. The van der Waals surface area contributed by atoms with E-state index in [1.54, 1.807) is 6.20 Å². The molecule has 2 aromatic rings. The third-order valence-electron chi connectivity index (χ3n) is 3.82. The van der Waals surface area contributed by atoms with Gasteiger partial charge in [-0.2, -0.15) is 13.2 Å². The Morgan fingerprint density at radius 1 is 1.33 bits per heavy atom. The summed E-state index contributed by atoms with van der Waals surface area (Å²) in [5.41, 5.74) is 0.106. The maximum atomic E-state index is 12.5. The average Bonchev–Trinajstić information content (AvgIpc) is 3.19. The molecule has 24 heavy (non-hydrogen) atoms. The van der Waals surface area contributed by atoms with Crippen molar-refractivity contribution >= 4 is 22.4 Å². The van der Waals surface area contributed by atoms with Gasteiger partial charge in [-0.3, -0.25) is 4.79 Å². The van der Waals surface area contributed by atoms with Gasteiger partial charge in [0.2, 0.25) is 5.91 Å². The van der Waals surface area contributed by atoms with Gasteiger partial charge < -0.3 is 10.6 Å². The minimum absolute atomic E-state index is 0.0945. The van der Waals surface area contributed by atoms with E-state index in [1.807, 2.05) is 0 Å². The highest BCUT2D eigenvalue weighted by molar-refractivity contribution is 7.15. The minimum atomic E-state index is -4.32. The molecule has 4 nitrogen and oxygen atoms in total. The van der Waals surface area contributed by atoms with Gasteiger partial charge in [-0.1, -0.05) is 12.1 Å². The maximum absolute atomic E-state index is 12.5. The van der Waals surface area contributed by atoms with Crippen molar-refractivity contribution in [3.63, 3.8) is 0 Å². The predicted octanol–water partition coefficient (Wildman–Crippen LogP) is 3.44. The highest BCUT2D eigenvalue weighted by Gasteiger charge is 2.30. The molecule has 1 aliphatic heterocycles. The van der Waals surface area contributed by atoms with Crippen LogP contribution in [0.25, 0.3) is 0 Å². The van der Waals surface area contributed by atoms with Gasteiger partial charge in [0.1, 0.15) is 0 Å². The first kappa shape index (κ1) is 16.9. The molecule has 1 aliphatic rings. The molecule has 1 saturated heterocycles. The number of hydrogen-bond acceptors (Lipinski definition) is 4. The fraction of sp³-hybridized carbons (Fsp3) is 0.375. The molecule has 1 fully saturated rings. The first-order chi connectivity index (χ1) is 11.4. The number of nitrogens with one attached hydrogen (secondary N) is 2. The van der Waals surface area contributed by atoms with Gasteiger partial charge in [-0.05, 0) is 37.1 Å². The first-order valence-corrected chi connectivity index (χ1v) is 8.38. The first-order valence-electron chi connectivity index (χ1n) is 7.57. The molecular formula is C16H16F3N3OS. The molecule has 1 atom stereocenters. The lowest BCUT2D eigenvalue weighted by Crippen LogP contribution is -2.35. The van der Waals surface area contributed by atoms with E-state index in [-0.39, 0.29) is 11.9 Å². The molecule has 0 aliphatic carbocycles. The average molecular weight is 355 g/mol. The summed E-state index contributed by atoms with van der Waals surface area (Å²) < 4.78 is 37.6. The van der Waals surface area contributed by atoms with Crippen molar-refractivity contribution in [3.8, 4) is 0 Å². The van der Waals surface area contributed by atoms with Gasteiger partial charge in [0, 0.05) is 17.5 Å². The van der Waals surface area contributed by atoms with Crippen molar-refractivity contribution in [1.82, 2.24) is 10.3 Å². The number of carbonyl (C=O) groups excluding carboxylic acids is 1. The Balaban J connectivity index is 1.60. The van der Waals surface area contributed by atoms with E-state index >= 15 is 0 Å². The topological polar surface area (TPSA) is 54.0 Å². The summed E-state index contributed by atoms with van der Waals surface area (Å²) in [5.74, 6) is -0.0945. The number of hydrogen-bond donors (Lipinski definition) is 2. The molecule has 2 heterocycles. The zero-order chi connectivity index (χ0) is 17.2. The Kier molecular flexibility index (Phi) is 4.86. The monoisotopic (exact) mass is 355 g/mol. The molecule has 1 aromatic heterocycles. The third-order valence-corrected chi connectivity index (χ3v) is 4.73. The Morgan fingerprint density at radius 3 is 2.71 bits per heavy atom. The van der Waals surface area contributed by atoms with Crippen LogP contribution in [0.2, 0.25) is 0 Å². The normalized spacial score (nSPS) is 17.9. The number of aromatic nitrogens is 1. The fourth-order valence-electron chi connectivity index (χ4n) is 2.56. The van der Waals surface area contributed by atoms with Crippen LogP contribution in [-0.4, -0.2) is 23.5 Å². The molecule has 0 radical (unpaired) electrons. The van der Waals surface area contributed by atoms with Crippen LogP contribution in [0, 0.1) is 0 Å². The summed E-state index contributed by atoms with van der Waals surface area (Å²) in [6.45, 7) is 0.842. The second-order valence-electron chi connectivity index (χ2n) is 5.64. The minimum Gasteiger partial charge on any atom is -0.306 e. The molecule has 8 heteroatoms. The lowest BCUT2D eigenvalue weighted by Gasteiger charge is -2.08. The van der Waals surface area contributed by atoms with Gasteiger partial charge in [-0.25, -0.2) is 4.98 Å². The zero-order valence-corrected chi connectivity index (χ0v) is 13.5. The van der Waals surface area contributed by atoms with Crippen LogP contribution in [0.15, 0.2) is 30.5 Å². The summed E-state index contributed by atoms with van der Waals surface area (Å²) in [6, 6.07) is 4.90. The van der Waals surface area contributed by atoms with Crippen LogP contribution in [0.5, 0.6) is 0 Å². The Morgan fingerprint density at radius 2 is 2.08 bits per heavy atom. The van der Waals surface area contributed by atoms with E-state index in [1.165, 1.54) is 23.5 Å². The van der Waals surface area contributed by atoms with Crippen LogP contribution < -0.4 is 10.6 Å². The highest BCUT2D eigenvalue weighted by Crippen LogP contribution is 2.30. The molecular weight excluding hydrogens is 339 g/mol. The maximum Gasteiger partial charge on any atom is 0.416 e. The molecule has 1 amide bonds. The largest absolute Gasteiger partial charge is 0.416 e. The molecule has 3 rings (SSSR count).